The largest absolute Gasteiger partial charge is 0.506 e. The van der Waals surface area contributed by atoms with E-state index in [0.29, 0.717) is 20.9 Å². The smallest absolute Gasteiger partial charge is 0.198 e. The first-order valence-corrected chi connectivity index (χ1v) is 12.3. The van der Waals surface area contributed by atoms with Crippen LogP contribution < -0.4 is 0 Å². The minimum absolute atomic E-state index is 0.00175. The zero-order valence-electron chi connectivity index (χ0n) is 18.5. The minimum atomic E-state index is -0.454. The van der Waals surface area contributed by atoms with Crippen molar-refractivity contribution in [1.82, 2.24) is 0 Å². The number of phenolic OH excluding ortho intramolecular Hbond substituents is 2. The molecule has 0 saturated heterocycles. The topological polar surface area (TPSA) is 74.6 Å². The monoisotopic (exact) mass is 484 g/mol. The normalized spacial score (nSPS) is 12.4. The first kappa shape index (κ1) is 22.3. The van der Waals surface area contributed by atoms with Gasteiger partial charge in [0, 0.05) is 20.9 Å². The number of hydrogen-bond donors (Lipinski definition) is 2. The van der Waals surface area contributed by atoms with Crippen LogP contribution in [0.3, 0.4) is 0 Å². The number of carbonyl (C=O) groups excluding carboxylic acids is 2. The highest BCUT2D eigenvalue weighted by Gasteiger charge is 2.38. The maximum absolute atomic E-state index is 13.6. The maximum Gasteiger partial charge on any atom is 0.198 e. The number of fused-ring (bicyclic) bond motifs is 2. The predicted octanol–water partition coefficient (Wildman–Crippen LogP) is 6.79. The third-order valence-electron chi connectivity index (χ3n) is 5.77. The summed E-state index contributed by atoms with van der Waals surface area (Å²) in [6.07, 6.45) is 0. The van der Waals surface area contributed by atoms with Crippen molar-refractivity contribution >= 4 is 35.1 Å². The zero-order valence-corrected chi connectivity index (χ0v) is 20.1. The first-order chi connectivity index (χ1) is 16.4. The summed E-state index contributed by atoms with van der Waals surface area (Å²) in [7, 11) is 0. The van der Waals surface area contributed by atoms with Gasteiger partial charge in [-0.2, -0.15) is 0 Å². The molecule has 2 N–H and O–H groups in total. The van der Waals surface area contributed by atoms with E-state index < -0.39 is 11.6 Å². The van der Waals surface area contributed by atoms with Gasteiger partial charge in [0.25, 0.3) is 0 Å². The summed E-state index contributed by atoms with van der Waals surface area (Å²) in [5, 5.41) is 22.2. The summed E-state index contributed by atoms with van der Waals surface area (Å²) in [5.41, 5.74) is 1.44. The van der Waals surface area contributed by atoms with Gasteiger partial charge in [-0.15, -0.1) is 0 Å². The van der Waals surface area contributed by atoms with E-state index >= 15 is 0 Å². The molecular weight excluding hydrogens is 464 g/mol. The molecule has 0 bridgehead atoms. The average Bonchev–Trinajstić information content (AvgIpc) is 2.83. The molecule has 0 atom stereocenters. The fraction of sp³-hybridized carbons (Fsp3) is 0.0714. The Bertz CT molecular complexity index is 1350. The molecule has 0 heterocycles. The highest BCUT2D eigenvalue weighted by atomic mass is 32.2. The fourth-order valence-corrected chi connectivity index (χ4v) is 6.18. The molecule has 0 aromatic heterocycles. The molecule has 0 fully saturated rings. The van der Waals surface area contributed by atoms with Crippen molar-refractivity contribution < 1.29 is 19.8 Å². The highest BCUT2D eigenvalue weighted by Crippen LogP contribution is 2.47. The van der Waals surface area contributed by atoms with E-state index in [9.17, 15) is 19.8 Å². The van der Waals surface area contributed by atoms with Crippen LogP contribution >= 0.6 is 23.5 Å². The van der Waals surface area contributed by atoms with E-state index in [1.165, 1.54) is 23.5 Å². The number of hydrogen-bond acceptors (Lipinski definition) is 6. The van der Waals surface area contributed by atoms with Gasteiger partial charge in [-0.05, 0) is 61.4 Å². The SMILES string of the molecule is Cc1cc(Sc2ccccc2)c(O)c2c1C(=O)c1c(O)c(Sc3ccccc3)cc(C)c1C2=O. The molecule has 0 amide bonds. The van der Waals surface area contributed by atoms with Gasteiger partial charge in [0.2, 0.25) is 0 Å². The Hall–Kier alpha value is -3.48. The Morgan fingerprint density at radius 3 is 1.26 bits per heavy atom. The number of benzene rings is 4. The zero-order chi connectivity index (χ0) is 24.0. The molecule has 4 aromatic rings. The molecular formula is C28H20O4S2. The predicted molar refractivity (Wildman–Crippen MR) is 134 cm³/mol. The van der Waals surface area contributed by atoms with Crippen LogP contribution in [0.15, 0.2) is 92.4 Å². The van der Waals surface area contributed by atoms with Crippen LogP contribution in [0.2, 0.25) is 0 Å². The molecule has 4 nitrogen and oxygen atoms in total. The van der Waals surface area contributed by atoms with Gasteiger partial charge in [-0.25, -0.2) is 0 Å². The van der Waals surface area contributed by atoms with Gasteiger partial charge in [0.15, 0.2) is 11.6 Å². The van der Waals surface area contributed by atoms with Gasteiger partial charge in [-0.3, -0.25) is 9.59 Å². The lowest BCUT2D eigenvalue weighted by Crippen LogP contribution is -2.24. The van der Waals surface area contributed by atoms with E-state index in [1.807, 2.05) is 60.7 Å². The van der Waals surface area contributed by atoms with Crippen molar-refractivity contribution in [1.29, 1.82) is 0 Å². The average molecular weight is 485 g/mol. The number of phenols is 2. The van der Waals surface area contributed by atoms with Gasteiger partial charge in [0.1, 0.15) is 11.5 Å². The van der Waals surface area contributed by atoms with Gasteiger partial charge >= 0.3 is 0 Å². The van der Waals surface area contributed by atoms with Crippen molar-refractivity contribution in [3.63, 3.8) is 0 Å². The van der Waals surface area contributed by atoms with E-state index in [1.54, 1.807) is 26.0 Å². The molecule has 0 saturated carbocycles. The van der Waals surface area contributed by atoms with Crippen molar-refractivity contribution in [3.8, 4) is 11.5 Å². The quantitative estimate of drug-likeness (QED) is 0.292. The number of aromatic hydroxyl groups is 2. The van der Waals surface area contributed by atoms with E-state index in [2.05, 4.69) is 0 Å². The second kappa shape index (κ2) is 8.70. The van der Waals surface area contributed by atoms with Gasteiger partial charge in [-0.1, -0.05) is 59.9 Å². The summed E-state index contributed by atoms with van der Waals surface area (Å²) in [5.74, 6) is -1.32. The van der Waals surface area contributed by atoms with Crippen LogP contribution in [0.5, 0.6) is 11.5 Å². The van der Waals surface area contributed by atoms with Gasteiger partial charge in [0.05, 0.1) is 20.9 Å². The Morgan fingerprint density at radius 1 is 0.559 bits per heavy atom. The lowest BCUT2D eigenvalue weighted by Gasteiger charge is -2.24. The van der Waals surface area contributed by atoms with Crippen LogP contribution in [-0.4, -0.2) is 21.8 Å². The van der Waals surface area contributed by atoms with E-state index in [0.717, 1.165) is 9.79 Å². The number of carbonyl (C=O) groups is 2. The third kappa shape index (κ3) is 3.69. The van der Waals surface area contributed by atoms with Crippen LogP contribution in [0.25, 0.3) is 0 Å². The van der Waals surface area contributed by atoms with E-state index in [4.69, 9.17) is 0 Å². The lowest BCUT2D eigenvalue weighted by molar-refractivity contribution is 0.0972. The van der Waals surface area contributed by atoms with Crippen LogP contribution in [0, 0.1) is 13.8 Å². The minimum Gasteiger partial charge on any atom is -0.506 e. The van der Waals surface area contributed by atoms with Gasteiger partial charge < -0.3 is 10.2 Å². The van der Waals surface area contributed by atoms with Crippen LogP contribution in [0.1, 0.15) is 43.0 Å². The summed E-state index contributed by atoms with van der Waals surface area (Å²) in [4.78, 5) is 30.1. The number of ketones is 2. The first-order valence-electron chi connectivity index (χ1n) is 10.6. The Labute approximate surface area is 205 Å². The molecule has 6 heteroatoms. The lowest BCUT2D eigenvalue weighted by atomic mass is 9.79. The Kier molecular flexibility index (Phi) is 5.71. The summed E-state index contributed by atoms with van der Waals surface area (Å²) >= 11 is 2.66. The molecule has 0 spiro atoms. The molecule has 168 valence electrons. The molecule has 0 unspecified atom stereocenters. The molecule has 1 aliphatic rings. The molecule has 0 radical (unpaired) electrons. The Morgan fingerprint density at radius 2 is 0.912 bits per heavy atom. The van der Waals surface area contributed by atoms with Crippen molar-refractivity contribution in [3.05, 3.63) is 106 Å². The van der Waals surface area contributed by atoms with Crippen LogP contribution in [0.4, 0.5) is 0 Å². The molecule has 34 heavy (non-hydrogen) atoms. The molecule has 1 aliphatic carbocycles. The summed E-state index contributed by atoms with van der Waals surface area (Å²) in [6.45, 7) is 3.49. The van der Waals surface area contributed by atoms with Crippen LogP contribution in [-0.2, 0) is 0 Å². The second-order valence-corrected chi connectivity index (χ2v) is 10.3. The number of rotatable bonds is 4. The molecule has 5 rings (SSSR count). The molecule has 0 aliphatic heterocycles. The van der Waals surface area contributed by atoms with Crippen molar-refractivity contribution in [2.75, 3.05) is 0 Å². The molecule has 4 aromatic carbocycles. The van der Waals surface area contributed by atoms with Crippen molar-refractivity contribution in [2.45, 2.75) is 33.4 Å². The Balaban J connectivity index is 1.64. The summed E-state index contributed by atoms with van der Waals surface area (Å²) in [6, 6.07) is 22.5. The summed E-state index contributed by atoms with van der Waals surface area (Å²) < 4.78 is 0. The maximum atomic E-state index is 13.6. The van der Waals surface area contributed by atoms with Crippen molar-refractivity contribution in [2.24, 2.45) is 0 Å². The third-order valence-corrected chi connectivity index (χ3v) is 7.85. The van der Waals surface area contributed by atoms with E-state index in [-0.39, 0.29) is 33.8 Å². The standard InChI is InChI=1S/C28H20O4S2/c1-15-13-19(33-17-9-5-3-6-10-17)25(29)23-21(15)27(31)24-22(28(23)32)16(2)14-20(26(24)30)34-18-11-7-4-8-12-18/h3-14,29-30H,1-2H3. The fourth-order valence-electron chi connectivity index (χ4n) is 4.22. The highest BCUT2D eigenvalue weighted by molar-refractivity contribution is 7.99. The second-order valence-electron chi connectivity index (χ2n) is 8.07. The number of aryl methyl sites for hydroxylation is 2.